The van der Waals surface area contributed by atoms with Gasteiger partial charge in [0.1, 0.15) is 0 Å². The number of carbonyl (C=O) groups excluding carboxylic acids is 1. The van der Waals surface area contributed by atoms with E-state index in [2.05, 4.69) is 5.10 Å². The number of hydrogen-bond acceptors (Lipinski definition) is 4. The summed E-state index contributed by atoms with van der Waals surface area (Å²) < 4.78 is 27.5. The van der Waals surface area contributed by atoms with Crippen molar-refractivity contribution in [2.75, 3.05) is 28.6 Å². The third-order valence-electron chi connectivity index (χ3n) is 4.53. The Bertz CT molecular complexity index is 920. The third kappa shape index (κ3) is 3.75. The molecule has 7 nitrogen and oxygen atoms in total. The number of benzene rings is 1. The van der Waals surface area contributed by atoms with Gasteiger partial charge in [0.25, 0.3) is 0 Å². The van der Waals surface area contributed by atoms with Crippen molar-refractivity contribution in [2.45, 2.75) is 33.2 Å². The zero-order valence-electron chi connectivity index (χ0n) is 15.3. The van der Waals surface area contributed by atoms with Crippen molar-refractivity contribution in [3.05, 3.63) is 41.7 Å². The normalized spacial score (nSPS) is 14.9. The lowest BCUT2D eigenvalue weighted by Gasteiger charge is -2.25. The molecule has 1 amide bonds. The van der Waals surface area contributed by atoms with Crippen LogP contribution >= 0.6 is 0 Å². The maximum atomic E-state index is 12.9. The second-order valence-corrected chi connectivity index (χ2v) is 8.53. The molecule has 140 valence electrons. The molecule has 0 spiro atoms. The van der Waals surface area contributed by atoms with Gasteiger partial charge in [-0.05, 0) is 38.5 Å². The SMILES string of the molecule is Cc1cc(C)n(CCC(=O)N2CCCN(S(C)(=O)=O)c3ccccc32)n1. The van der Waals surface area contributed by atoms with Crippen LogP contribution in [0.5, 0.6) is 0 Å². The Kier molecular flexibility index (Phi) is 5.04. The molecular weight excluding hydrogens is 352 g/mol. The minimum atomic E-state index is -3.39. The Morgan fingerprint density at radius 3 is 2.46 bits per heavy atom. The van der Waals surface area contributed by atoms with Gasteiger partial charge in [-0.2, -0.15) is 5.10 Å². The molecule has 3 rings (SSSR count). The lowest BCUT2D eigenvalue weighted by atomic mass is 10.2. The van der Waals surface area contributed by atoms with Crippen LogP contribution in [0.2, 0.25) is 0 Å². The molecule has 2 heterocycles. The first-order valence-corrected chi connectivity index (χ1v) is 10.5. The van der Waals surface area contributed by atoms with E-state index in [4.69, 9.17) is 0 Å². The number of anilines is 2. The van der Waals surface area contributed by atoms with Crippen LogP contribution < -0.4 is 9.21 Å². The first kappa shape index (κ1) is 18.4. The van der Waals surface area contributed by atoms with Crippen LogP contribution in [0.4, 0.5) is 11.4 Å². The van der Waals surface area contributed by atoms with Gasteiger partial charge in [-0.3, -0.25) is 13.8 Å². The van der Waals surface area contributed by atoms with E-state index in [0.29, 0.717) is 43.9 Å². The number of amides is 1. The Hall–Kier alpha value is -2.35. The van der Waals surface area contributed by atoms with Crippen molar-refractivity contribution < 1.29 is 13.2 Å². The highest BCUT2D eigenvalue weighted by Gasteiger charge is 2.28. The number of hydrogen-bond donors (Lipinski definition) is 0. The number of rotatable bonds is 4. The molecule has 0 aliphatic carbocycles. The number of sulfonamides is 1. The van der Waals surface area contributed by atoms with Crippen LogP contribution in [0.15, 0.2) is 30.3 Å². The second-order valence-electron chi connectivity index (χ2n) is 6.62. The fourth-order valence-electron chi connectivity index (χ4n) is 3.36. The second kappa shape index (κ2) is 7.11. The summed E-state index contributed by atoms with van der Waals surface area (Å²) >= 11 is 0. The van der Waals surface area contributed by atoms with E-state index in [1.54, 1.807) is 23.1 Å². The molecule has 0 fully saturated rings. The summed E-state index contributed by atoms with van der Waals surface area (Å²) in [5.74, 6) is -0.0274. The van der Waals surface area contributed by atoms with E-state index < -0.39 is 10.0 Å². The largest absolute Gasteiger partial charge is 0.310 e. The van der Waals surface area contributed by atoms with E-state index in [1.165, 1.54) is 10.6 Å². The zero-order valence-corrected chi connectivity index (χ0v) is 16.2. The summed E-state index contributed by atoms with van der Waals surface area (Å²) in [6.45, 7) is 5.27. The molecule has 1 aromatic carbocycles. The van der Waals surface area contributed by atoms with Gasteiger partial charge < -0.3 is 4.90 Å². The van der Waals surface area contributed by atoms with Gasteiger partial charge in [0, 0.05) is 31.7 Å². The van der Waals surface area contributed by atoms with Crippen molar-refractivity contribution in [1.82, 2.24) is 9.78 Å². The molecule has 0 bridgehead atoms. The monoisotopic (exact) mass is 376 g/mol. The van der Waals surface area contributed by atoms with Crippen LogP contribution in [0.1, 0.15) is 24.2 Å². The average molecular weight is 376 g/mol. The number of carbonyl (C=O) groups is 1. The number of para-hydroxylation sites is 2. The quantitative estimate of drug-likeness (QED) is 0.819. The lowest BCUT2D eigenvalue weighted by Crippen LogP contribution is -2.32. The fraction of sp³-hybridized carbons (Fsp3) is 0.444. The molecule has 8 heteroatoms. The number of aromatic nitrogens is 2. The minimum Gasteiger partial charge on any atom is -0.310 e. The summed E-state index contributed by atoms with van der Waals surface area (Å²) in [6, 6.07) is 9.16. The van der Waals surface area contributed by atoms with Crippen LogP contribution in [-0.2, 0) is 21.4 Å². The number of aryl methyl sites for hydroxylation is 3. The van der Waals surface area contributed by atoms with Gasteiger partial charge >= 0.3 is 0 Å². The van der Waals surface area contributed by atoms with Crippen LogP contribution in [0, 0.1) is 13.8 Å². The molecule has 0 atom stereocenters. The van der Waals surface area contributed by atoms with E-state index in [0.717, 1.165) is 11.4 Å². The van der Waals surface area contributed by atoms with Crippen molar-refractivity contribution in [1.29, 1.82) is 0 Å². The molecule has 1 aliphatic heterocycles. The summed E-state index contributed by atoms with van der Waals surface area (Å²) in [4.78, 5) is 14.6. The van der Waals surface area contributed by atoms with Gasteiger partial charge in [0.15, 0.2) is 0 Å². The van der Waals surface area contributed by atoms with Crippen molar-refractivity contribution >= 4 is 27.3 Å². The molecule has 0 saturated heterocycles. The molecule has 0 saturated carbocycles. The molecule has 0 unspecified atom stereocenters. The highest BCUT2D eigenvalue weighted by Crippen LogP contribution is 2.34. The summed E-state index contributed by atoms with van der Waals surface area (Å²) in [5, 5.41) is 4.39. The van der Waals surface area contributed by atoms with Gasteiger partial charge in [0.2, 0.25) is 15.9 Å². The molecule has 26 heavy (non-hydrogen) atoms. The highest BCUT2D eigenvalue weighted by molar-refractivity contribution is 7.92. The first-order chi connectivity index (χ1) is 12.3. The molecular formula is C18H24N4O3S. The van der Waals surface area contributed by atoms with Crippen molar-refractivity contribution in [3.8, 4) is 0 Å². The molecule has 0 N–H and O–H groups in total. The van der Waals surface area contributed by atoms with Gasteiger partial charge in [0.05, 0.1) is 23.3 Å². The number of fused-ring (bicyclic) bond motifs is 1. The predicted molar refractivity (Wildman–Crippen MR) is 102 cm³/mol. The summed E-state index contributed by atoms with van der Waals surface area (Å²) in [5.41, 5.74) is 3.16. The first-order valence-electron chi connectivity index (χ1n) is 8.65. The van der Waals surface area contributed by atoms with Gasteiger partial charge in [-0.15, -0.1) is 0 Å². The standard InChI is InChI=1S/C18H24N4O3S/c1-14-13-15(2)21(19-14)12-9-18(23)20-10-6-11-22(26(3,24)25)17-8-5-4-7-16(17)20/h4-5,7-8,13H,6,9-12H2,1-3H3. The Morgan fingerprint density at radius 2 is 1.85 bits per heavy atom. The van der Waals surface area contributed by atoms with Crippen LogP contribution in [-0.4, -0.2) is 43.5 Å². The summed E-state index contributed by atoms with van der Waals surface area (Å²) in [6.07, 6.45) is 2.10. The maximum Gasteiger partial charge on any atom is 0.232 e. The van der Waals surface area contributed by atoms with Gasteiger partial charge in [-0.25, -0.2) is 8.42 Å². The topological polar surface area (TPSA) is 75.5 Å². The smallest absolute Gasteiger partial charge is 0.232 e. The Balaban J connectivity index is 1.84. The predicted octanol–water partition coefficient (Wildman–Crippen LogP) is 2.09. The van der Waals surface area contributed by atoms with Crippen molar-refractivity contribution in [2.24, 2.45) is 0 Å². The van der Waals surface area contributed by atoms with Crippen molar-refractivity contribution in [3.63, 3.8) is 0 Å². The minimum absolute atomic E-state index is 0.0274. The van der Waals surface area contributed by atoms with Crippen LogP contribution in [0.25, 0.3) is 0 Å². The average Bonchev–Trinajstić information content (AvgIpc) is 2.78. The molecule has 1 aromatic heterocycles. The Labute approximate surface area is 154 Å². The molecule has 2 aromatic rings. The van der Waals surface area contributed by atoms with E-state index in [-0.39, 0.29) is 5.91 Å². The van der Waals surface area contributed by atoms with Crippen LogP contribution in [0.3, 0.4) is 0 Å². The maximum absolute atomic E-state index is 12.9. The van der Waals surface area contributed by atoms with E-state index in [1.807, 2.05) is 30.7 Å². The fourth-order valence-corrected chi connectivity index (χ4v) is 4.33. The third-order valence-corrected chi connectivity index (χ3v) is 5.71. The summed E-state index contributed by atoms with van der Waals surface area (Å²) in [7, 11) is -3.39. The van der Waals surface area contributed by atoms with E-state index in [9.17, 15) is 13.2 Å². The highest BCUT2D eigenvalue weighted by atomic mass is 32.2. The van der Waals surface area contributed by atoms with E-state index >= 15 is 0 Å². The molecule has 1 aliphatic rings. The van der Waals surface area contributed by atoms with Gasteiger partial charge in [-0.1, -0.05) is 12.1 Å². The Morgan fingerprint density at radius 1 is 1.15 bits per heavy atom. The number of nitrogens with zero attached hydrogens (tertiary/aromatic N) is 4. The lowest BCUT2D eigenvalue weighted by molar-refractivity contribution is -0.118. The molecule has 0 radical (unpaired) electrons. The zero-order chi connectivity index (χ0) is 18.9.